The van der Waals surface area contributed by atoms with E-state index >= 15 is 0 Å². The average molecular weight is 236 g/mol. The molecule has 0 spiro atoms. The summed E-state index contributed by atoms with van der Waals surface area (Å²) in [5.41, 5.74) is 5.91. The highest BCUT2D eigenvalue weighted by Crippen LogP contribution is 2.20. The van der Waals surface area contributed by atoms with Crippen molar-refractivity contribution in [3.63, 3.8) is 0 Å². The molecule has 0 aromatic carbocycles. The summed E-state index contributed by atoms with van der Waals surface area (Å²) in [6, 6.07) is 1.70. The molecule has 17 heavy (non-hydrogen) atoms. The minimum Gasteiger partial charge on any atom is -0.464 e. The molecule has 0 unspecified atom stereocenters. The van der Waals surface area contributed by atoms with Gasteiger partial charge in [-0.3, -0.25) is 4.57 Å². The zero-order chi connectivity index (χ0) is 12.6. The number of nitrogens with two attached hydrogens (primary N) is 1. The van der Waals surface area contributed by atoms with Crippen molar-refractivity contribution in [1.29, 1.82) is 0 Å². The van der Waals surface area contributed by atoms with Crippen LogP contribution in [-0.2, 0) is 4.74 Å². The van der Waals surface area contributed by atoms with Gasteiger partial charge in [0.1, 0.15) is 17.4 Å². The molecule has 2 heterocycles. The Morgan fingerprint density at radius 2 is 2.24 bits per heavy atom. The highest BCUT2D eigenvalue weighted by Gasteiger charge is 2.21. The maximum absolute atomic E-state index is 11.4. The molecular weight excluding hydrogens is 224 g/mol. The lowest BCUT2D eigenvalue weighted by Crippen LogP contribution is -2.07. The Morgan fingerprint density at radius 1 is 1.53 bits per heavy atom. The predicted octanol–water partition coefficient (Wildman–Crippen LogP) is 0.846. The summed E-state index contributed by atoms with van der Waals surface area (Å²) in [5, 5.41) is 3.82. The second-order valence-corrected chi connectivity index (χ2v) is 3.52. The van der Waals surface area contributed by atoms with E-state index in [0.717, 1.165) is 0 Å². The van der Waals surface area contributed by atoms with Crippen LogP contribution in [0, 0.1) is 13.8 Å². The molecule has 2 aromatic rings. The summed E-state index contributed by atoms with van der Waals surface area (Å²) in [6.07, 6.45) is 0. The molecule has 0 radical (unpaired) electrons. The molecule has 0 aliphatic rings. The Morgan fingerprint density at radius 3 is 2.76 bits per heavy atom. The third-order valence-corrected chi connectivity index (χ3v) is 2.30. The average Bonchev–Trinajstić information content (AvgIpc) is 2.82. The van der Waals surface area contributed by atoms with Crippen LogP contribution >= 0.6 is 0 Å². The SMILES string of the molecule is COC(=O)c1nc(C)n(-c2cc(C)on2)c1N. The van der Waals surface area contributed by atoms with E-state index in [9.17, 15) is 4.79 Å². The largest absolute Gasteiger partial charge is 0.464 e. The topological polar surface area (TPSA) is 96.2 Å². The maximum Gasteiger partial charge on any atom is 0.360 e. The van der Waals surface area contributed by atoms with E-state index in [2.05, 4.69) is 14.9 Å². The summed E-state index contributed by atoms with van der Waals surface area (Å²) in [4.78, 5) is 15.5. The fraction of sp³-hybridized carbons (Fsp3) is 0.300. The number of ether oxygens (including phenoxy) is 1. The van der Waals surface area contributed by atoms with E-state index in [0.29, 0.717) is 17.4 Å². The van der Waals surface area contributed by atoms with Gasteiger partial charge in [0, 0.05) is 6.07 Å². The number of anilines is 1. The molecule has 90 valence electrons. The number of aryl methyl sites for hydroxylation is 2. The van der Waals surface area contributed by atoms with Crippen LogP contribution in [0.2, 0.25) is 0 Å². The van der Waals surface area contributed by atoms with Crippen molar-refractivity contribution in [1.82, 2.24) is 14.7 Å². The van der Waals surface area contributed by atoms with E-state index in [-0.39, 0.29) is 11.5 Å². The van der Waals surface area contributed by atoms with Gasteiger partial charge in [0.25, 0.3) is 0 Å². The van der Waals surface area contributed by atoms with Crippen molar-refractivity contribution in [3.05, 3.63) is 23.3 Å². The van der Waals surface area contributed by atoms with Crippen molar-refractivity contribution >= 4 is 11.8 Å². The lowest BCUT2D eigenvalue weighted by molar-refractivity contribution is 0.0596. The fourth-order valence-corrected chi connectivity index (χ4v) is 1.54. The Balaban J connectivity index is 2.56. The number of hydrogen-bond donors (Lipinski definition) is 1. The maximum atomic E-state index is 11.4. The molecule has 7 heteroatoms. The second-order valence-electron chi connectivity index (χ2n) is 3.52. The lowest BCUT2D eigenvalue weighted by atomic mass is 10.4. The molecule has 0 aliphatic heterocycles. The number of aromatic nitrogens is 3. The van der Waals surface area contributed by atoms with Gasteiger partial charge in [0.2, 0.25) is 0 Å². The van der Waals surface area contributed by atoms with E-state index in [1.165, 1.54) is 11.7 Å². The number of imidazole rings is 1. The highest BCUT2D eigenvalue weighted by atomic mass is 16.5. The van der Waals surface area contributed by atoms with Crippen molar-refractivity contribution in [3.8, 4) is 5.82 Å². The van der Waals surface area contributed by atoms with Crippen LogP contribution in [-0.4, -0.2) is 27.8 Å². The van der Waals surface area contributed by atoms with Crippen molar-refractivity contribution in [2.45, 2.75) is 13.8 Å². The number of rotatable bonds is 2. The number of methoxy groups -OCH3 is 1. The monoisotopic (exact) mass is 236 g/mol. The van der Waals surface area contributed by atoms with Gasteiger partial charge in [0.15, 0.2) is 11.5 Å². The fourth-order valence-electron chi connectivity index (χ4n) is 1.54. The molecule has 0 saturated heterocycles. The molecule has 7 nitrogen and oxygen atoms in total. The lowest BCUT2D eigenvalue weighted by Gasteiger charge is -2.01. The molecule has 0 bridgehead atoms. The first-order valence-corrected chi connectivity index (χ1v) is 4.91. The molecule has 0 aliphatic carbocycles. The van der Waals surface area contributed by atoms with E-state index in [4.69, 9.17) is 10.3 Å². The predicted molar refractivity (Wildman–Crippen MR) is 58.9 cm³/mol. The Labute approximate surface area is 97.2 Å². The van der Waals surface area contributed by atoms with Crippen LogP contribution in [0.5, 0.6) is 0 Å². The summed E-state index contributed by atoms with van der Waals surface area (Å²) in [6.45, 7) is 3.48. The normalized spacial score (nSPS) is 10.5. The van der Waals surface area contributed by atoms with Crippen molar-refractivity contribution < 1.29 is 14.1 Å². The van der Waals surface area contributed by atoms with Gasteiger partial charge in [-0.15, -0.1) is 0 Å². The molecule has 0 amide bonds. The molecular formula is C10H12N4O3. The Kier molecular flexibility index (Phi) is 2.58. The first kappa shape index (κ1) is 11.2. The number of nitrogen functional groups attached to an aromatic ring is 1. The molecule has 2 rings (SSSR count). The Hall–Kier alpha value is -2.31. The summed E-state index contributed by atoms with van der Waals surface area (Å²) in [7, 11) is 1.27. The number of nitrogens with zero attached hydrogens (tertiary/aromatic N) is 3. The minimum absolute atomic E-state index is 0.0747. The van der Waals surface area contributed by atoms with Crippen LogP contribution in [0.3, 0.4) is 0 Å². The summed E-state index contributed by atoms with van der Waals surface area (Å²) >= 11 is 0. The standard InChI is InChI=1S/C10H12N4O3/c1-5-4-7(13-17-5)14-6(2)12-8(9(14)11)10(15)16-3/h4H,11H2,1-3H3. The minimum atomic E-state index is -0.579. The van der Waals surface area contributed by atoms with Crippen molar-refractivity contribution in [2.24, 2.45) is 0 Å². The number of hydrogen-bond acceptors (Lipinski definition) is 6. The first-order chi connectivity index (χ1) is 8.04. The van der Waals surface area contributed by atoms with Crippen LogP contribution in [0.1, 0.15) is 22.1 Å². The smallest absolute Gasteiger partial charge is 0.360 e. The van der Waals surface area contributed by atoms with Crippen LogP contribution in [0.4, 0.5) is 5.82 Å². The molecule has 0 saturated carbocycles. The molecule has 0 atom stereocenters. The van der Waals surface area contributed by atoms with Gasteiger partial charge in [0.05, 0.1) is 7.11 Å². The van der Waals surface area contributed by atoms with Gasteiger partial charge >= 0.3 is 5.97 Å². The number of carbonyl (C=O) groups excluding carboxylic acids is 1. The zero-order valence-corrected chi connectivity index (χ0v) is 9.72. The van der Waals surface area contributed by atoms with E-state index < -0.39 is 5.97 Å². The van der Waals surface area contributed by atoms with E-state index in [1.54, 1.807) is 19.9 Å². The van der Waals surface area contributed by atoms with Gasteiger partial charge < -0.3 is 15.0 Å². The summed E-state index contributed by atoms with van der Waals surface area (Å²) in [5.74, 6) is 1.27. The third kappa shape index (κ3) is 1.75. The first-order valence-electron chi connectivity index (χ1n) is 4.91. The van der Waals surface area contributed by atoms with Gasteiger partial charge in [-0.2, -0.15) is 0 Å². The second kappa shape index (κ2) is 3.93. The van der Waals surface area contributed by atoms with Crippen LogP contribution in [0.25, 0.3) is 5.82 Å². The van der Waals surface area contributed by atoms with Crippen LogP contribution in [0.15, 0.2) is 10.6 Å². The third-order valence-electron chi connectivity index (χ3n) is 2.30. The summed E-state index contributed by atoms with van der Waals surface area (Å²) < 4.78 is 11.1. The number of carbonyl (C=O) groups is 1. The quantitative estimate of drug-likeness (QED) is 0.776. The zero-order valence-electron chi connectivity index (χ0n) is 9.72. The van der Waals surface area contributed by atoms with E-state index in [1.807, 2.05) is 0 Å². The van der Waals surface area contributed by atoms with Gasteiger partial charge in [-0.1, -0.05) is 5.16 Å². The van der Waals surface area contributed by atoms with Crippen molar-refractivity contribution in [2.75, 3.05) is 12.8 Å². The molecule has 2 aromatic heterocycles. The number of esters is 1. The van der Waals surface area contributed by atoms with Crippen LogP contribution < -0.4 is 5.73 Å². The molecule has 0 fully saturated rings. The van der Waals surface area contributed by atoms with Gasteiger partial charge in [-0.05, 0) is 13.8 Å². The molecule has 2 N–H and O–H groups in total. The Bertz CT molecular complexity index is 570. The van der Waals surface area contributed by atoms with Gasteiger partial charge in [-0.25, -0.2) is 9.78 Å². The highest BCUT2D eigenvalue weighted by molar-refractivity contribution is 5.92.